The van der Waals surface area contributed by atoms with Crippen molar-refractivity contribution >= 4 is 55.1 Å². The molecular weight excluding hydrogens is 477 g/mol. The third-order valence-corrected chi connectivity index (χ3v) is 5.49. The first-order chi connectivity index (χ1) is 11.5. The summed E-state index contributed by atoms with van der Waals surface area (Å²) in [5.74, 6) is 0. The van der Waals surface area contributed by atoms with Crippen LogP contribution in [0, 0.1) is 0 Å². The molecule has 3 rings (SSSR count). The molecule has 3 nitrogen and oxygen atoms in total. The molecule has 2 aromatic carbocycles. The zero-order valence-corrected chi connectivity index (χ0v) is 17.1. The van der Waals surface area contributed by atoms with Crippen LogP contribution < -0.4 is 5.73 Å². The van der Waals surface area contributed by atoms with E-state index >= 15 is 0 Å². The molecule has 0 aliphatic heterocycles. The largest absolute Gasteiger partial charge is 0.328 e. The predicted octanol–water partition coefficient (Wildman–Crippen LogP) is 5.89. The first kappa shape index (κ1) is 18.0. The van der Waals surface area contributed by atoms with E-state index in [4.69, 9.17) is 28.9 Å². The number of halogens is 4. The Balaban J connectivity index is 2.02. The molecule has 124 valence electrons. The third kappa shape index (κ3) is 3.70. The van der Waals surface area contributed by atoms with Crippen molar-refractivity contribution in [1.29, 1.82) is 0 Å². The molecule has 3 aromatic rings. The van der Waals surface area contributed by atoms with Gasteiger partial charge in [-0.15, -0.1) is 0 Å². The number of hydrogen-bond donors (Lipinski definition) is 1. The summed E-state index contributed by atoms with van der Waals surface area (Å²) >= 11 is 19.4. The van der Waals surface area contributed by atoms with Crippen molar-refractivity contribution in [2.24, 2.45) is 5.73 Å². The number of benzene rings is 2. The maximum Gasteiger partial charge on any atom is 0.0959 e. The minimum Gasteiger partial charge on any atom is -0.328 e. The van der Waals surface area contributed by atoms with E-state index < -0.39 is 0 Å². The summed E-state index contributed by atoms with van der Waals surface area (Å²) in [6.45, 7) is 1.02. The van der Waals surface area contributed by atoms with Gasteiger partial charge in [-0.2, -0.15) is 0 Å². The van der Waals surface area contributed by atoms with Crippen LogP contribution in [0.1, 0.15) is 11.3 Å². The lowest BCUT2D eigenvalue weighted by atomic mass is 10.1. The molecule has 0 amide bonds. The fourth-order valence-electron chi connectivity index (χ4n) is 2.51. The Bertz CT molecular complexity index is 894. The van der Waals surface area contributed by atoms with Crippen molar-refractivity contribution in [2.75, 3.05) is 0 Å². The van der Waals surface area contributed by atoms with E-state index in [2.05, 4.69) is 42.9 Å². The van der Waals surface area contributed by atoms with Crippen LogP contribution in [0.25, 0.3) is 11.3 Å². The third-order valence-electron chi connectivity index (χ3n) is 3.67. The highest BCUT2D eigenvalue weighted by atomic mass is 79.9. The average molecular weight is 490 g/mol. The van der Waals surface area contributed by atoms with Crippen molar-refractivity contribution in [1.82, 2.24) is 9.55 Å². The molecule has 1 heterocycles. The van der Waals surface area contributed by atoms with Crippen LogP contribution in [0.15, 0.2) is 51.7 Å². The molecule has 24 heavy (non-hydrogen) atoms. The second kappa shape index (κ2) is 7.58. The van der Waals surface area contributed by atoms with Gasteiger partial charge < -0.3 is 10.3 Å². The lowest BCUT2D eigenvalue weighted by Crippen LogP contribution is -2.09. The average Bonchev–Trinajstić information content (AvgIpc) is 2.93. The van der Waals surface area contributed by atoms with Crippen LogP contribution in [-0.2, 0) is 13.1 Å². The van der Waals surface area contributed by atoms with Crippen LogP contribution in [0.4, 0.5) is 0 Å². The van der Waals surface area contributed by atoms with Crippen molar-refractivity contribution in [3.63, 3.8) is 0 Å². The van der Waals surface area contributed by atoms with E-state index in [0.29, 0.717) is 23.1 Å². The van der Waals surface area contributed by atoms with Gasteiger partial charge in [0.2, 0.25) is 0 Å². The maximum atomic E-state index is 6.32. The Morgan fingerprint density at radius 1 is 1.08 bits per heavy atom. The van der Waals surface area contributed by atoms with Crippen molar-refractivity contribution < 1.29 is 0 Å². The molecule has 0 unspecified atom stereocenters. The molecule has 1 aromatic heterocycles. The van der Waals surface area contributed by atoms with Crippen LogP contribution in [0.2, 0.25) is 10.0 Å². The molecule has 0 atom stereocenters. The smallest absolute Gasteiger partial charge is 0.0959 e. The predicted molar refractivity (Wildman–Crippen MR) is 107 cm³/mol. The highest BCUT2D eigenvalue weighted by molar-refractivity contribution is 9.11. The summed E-state index contributed by atoms with van der Waals surface area (Å²) < 4.78 is 4.09. The van der Waals surface area contributed by atoms with Crippen LogP contribution in [-0.4, -0.2) is 9.55 Å². The molecule has 0 aliphatic carbocycles. The van der Waals surface area contributed by atoms with E-state index in [0.717, 1.165) is 31.5 Å². The van der Waals surface area contributed by atoms with Crippen molar-refractivity contribution in [2.45, 2.75) is 13.1 Å². The number of aromatic nitrogens is 2. The molecule has 0 aliphatic rings. The first-order valence-corrected chi connectivity index (χ1v) is 9.47. The number of hydrogen-bond acceptors (Lipinski definition) is 2. The van der Waals surface area contributed by atoms with Crippen molar-refractivity contribution in [3.8, 4) is 11.3 Å². The number of imidazole rings is 1. The number of nitrogens with zero attached hydrogens (tertiary/aromatic N) is 2. The van der Waals surface area contributed by atoms with Crippen LogP contribution in [0.3, 0.4) is 0 Å². The Kier molecular flexibility index (Phi) is 5.67. The topological polar surface area (TPSA) is 43.8 Å². The minimum atomic E-state index is 0.361. The molecule has 0 spiro atoms. The lowest BCUT2D eigenvalue weighted by molar-refractivity contribution is 0.738. The normalized spacial score (nSPS) is 11.0. The van der Waals surface area contributed by atoms with Gasteiger partial charge in [0, 0.05) is 32.6 Å². The maximum absolute atomic E-state index is 6.32. The van der Waals surface area contributed by atoms with Gasteiger partial charge in [0.05, 0.1) is 22.7 Å². The standard InChI is InChI=1S/C17H13Br2Cl2N3/c18-11-1-4-14(19)10(5-11)8-24-9-23-17(16(24)7-22)13-3-2-12(20)6-15(13)21/h1-6,9H,7-8,22H2. The summed E-state index contributed by atoms with van der Waals surface area (Å²) in [5, 5.41) is 1.15. The monoisotopic (exact) mass is 487 g/mol. The first-order valence-electron chi connectivity index (χ1n) is 7.13. The summed E-state index contributed by atoms with van der Waals surface area (Å²) in [6, 6.07) is 11.4. The van der Waals surface area contributed by atoms with Gasteiger partial charge in [-0.1, -0.05) is 55.1 Å². The van der Waals surface area contributed by atoms with Gasteiger partial charge in [-0.25, -0.2) is 4.98 Å². The Hall–Kier alpha value is -0.850. The highest BCUT2D eigenvalue weighted by Gasteiger charge is 2.15. The van der Waals surface area contributed by atoms with E-state index in [-0.39, 0.29) is 0 Å². The van der Waals surface area contributed by atoms with E-state index in [1.807, 2.05) is 22.8 Å². The summed E-state index contributed by atoms with van der Waals surface area (Å²) in [4.78, 5) is 4.52. The van der Waals surface area contributed by atoms with Crippen LogP contribution >= 0.6 is 55.1 Å². The SMILES string of the molecule is NCc1c(-c2ccc(Cl)cc2Cl)ncn1Cc1cc(Br)ccc1Br. The zero-order chi connectivity index (χ0) is 17.3. The second-order valence-electron chi connectivity index (χ2n) is 5.23. The van der Waals surface area contributed by atoms with Gasteiger partial charge in [0.1, 0.15) is 0 Å². The van der Waals surface area contributed by atoms with Crippen LogP contribution in [0.5, 0.6) is 0 Å². The quantitative estimate of drug-likeness (QED) is 0.496. The Morgan fingerprint density at radius 3 is 2.58 bits per heavy atom. The molecule has 0 saturated carbocycles. The molecule has 7 heteroatoms. The molecule has 0 radical (unpaired) electrons. The number of nitrogens with two attached hydrogens (primary N) is 1. The fraction of sp³-hybridized carbons (Fsp3) is 0.118. The van der Waals surface area contributed by atoms with Gasteiger partial charge >= 0.3 is 0 Å². The number of rotatable bonds is 4. The van der Waals surface area contributed by atoms with Gasteiger partial charge in [0.15, 0.2) is 0 Å². The molecule has 2 N–H and O–H groups in total. The van der Waals surface area contributed by atoms with Crippen molar-refractivity contribution in [3.05, 3.63) is 73.0 Å². The Morgan fingerprint density at radius 2 is 1.88 bits per heavy atom. The van der Waals surface area contributed by atoms with E-state index in [9.17, 15) is 0 Å². The summed E-state index contributed by atoms with van der Waals surface area (Å²) in [6.07, 6.45) is 1.79. The van der Waals surface area contributed by atoms with Gasteiger partial charge in [-0.05, 0) is 42.0 Å². The highest BCUT2D eigenvalue weighted by Crippen LogP contribution is 2.32. The van der Waals surface area contributed by atoms with Gasteiger partial charge in [0.25, 0.3) is 0 Å². The summed E-state index contributed by atoms with van der Waals surface area (Å²) in [7, 11) is 0. The molecule has 0 bridgehead atoms. The fourth-order valence-corrected chi connectivity index (χ4v) is 3.79. The molecule has 0 fully saturated rings. The van der Waals surface area contributed by atoms with E-state index in [1.165, 1.54) is 0 Å². The summed E-state index contributed by atoms with van der Waals surface area (Å²) in [5.41, 5.74) is 9.65. The van der Waals surface area contributed by atoms with Gasteiger partial charge in [-0.3, -0.25) is 0 Å². The Labute approximate surface area is 167 Å². The van der Waals surface area contributed by atoms with E-state index in [1.54, 1.807) is 18.5 Å². The molecular formula is C17H13Br2Cl2N3. The minimum absolute atomic E-state index is 0.361. The zero-order valence-electron chi connectivity index (χ0n) is 12.4. The lowest BCUT2D eigenvalue weighted by Gasteiger charge is -2.11. The second-order valence-corrected chi connectivity index (χ2v) is 7.85. The molecule has 0 saturated heterocycles.